The smallest absolute Gasteiger partial charge is 0.124 e. The van der Waals surface area contributed by atoms with Crippen LogP contribution in [0.4, 0.5) is 0 Å². The van der Waals surface area contributed by atoms with Crippen molar-refractivity contribution in [3.8, 4) is 5.75 Å². The first-order chi connectivity index (χ1) is 11.0. The van der Waals surface area contributed by atoms with E-state index in [-0.39, 0.29) is 0 Å². The Bertz CT molecular complexity index is 661. The van der Waals surface area contributed by atoms with Gasteiger partial charge in [-0.15, -0.1) is 0 Å². The van der Waals surface area contributed by atoms with Crippen molar-refractivity contribution in [1.29, 1.82) is 0 Å². The quantitative estimate of drug-likeness (QED) is 0.590. The van der Waals surface area contributed by atoms with E-state index in [9.17, 15) is 0 Å². The Labute approximate surface area is 156 Å². The van der Waals surface area contributed by atoms with Gasteiger partial charge in [-0.1, -0.05) is 59.0 Å². The van der Waals surface area contributed by atoms with Crippen LogP contribution in [0.3, 0.4) is 0 Å². The number of nitrogens with one attached hydrogen (secondary N) is 1. The van der Waals surface area contributed by atoms with Crippen molar-refractivity contribution in [2.75, 3.05) is 6.54 Å². The summed E-state index contributed by atoms with van der Waals surface area (Å²) in [5, 5.41) is 4.54. The van der Waals surface area contributed by atoms with Gasteiger partial charge >= 0.3 is 0 Å². The summed E-state index contributed by atoms with van der Waals surface area (Å²) in [4.78, 5) is 0. The van der Waals surface area contributed by atoms with Gasteiger partial charge in [0.2, 0.25) is 0 Å². The van der Waals surface area contributed by atoms with Crippen molar-refractivity contribution in [2.45, 2.75) is 27.0 Å². The van der Waals surface area contributed by atoms with E-state index < -0.39 is 0 Å². The van der Waals surface area contributed by atoms with Crippen LogP contribution in [0.25, 0.3) is 0 Å². The lowest BCUT2D eigenvalue weighted by atomic mass is 10.1. The topological polar surface area (TPSA) is 21.3 Å². The second-order valence-corrected chi connectivity index (χ2v) is 7.54. The van der Waals surface area contributed by atoms with Crippen LogP contribution in [-0.2, 0) is 13.2 Å². The molecule has 0 aliphatic heterocycles. The van der Waals surface area contributed by atoms with E-state index in [2.05, 4.69) is 41.2 Å². The van der Waals surface area contributed by atoms with Crippen molar-refractivity contribution >= 4 is 39.1 Å². The second kappa shape index (κ2) is 8.93. The molecule has 0 saturated carbocycles. The third kappa shape index (κ3) is 6.00. The predicted molar refractivity (Wildman–Crippen MR) is 101 cm³/mol. The van der Waals surface area contributed by atoms with Gasteiger partial charge in [-0.05, 0) is 48.4 Å². The van der Waals surface area contributed by atoms with E-state index in [4.69, 9.17) is 27.9 Å². The van der Waals surface area contributed by atoms with Crippen molar-refractivity contribution < 1.29 is 4.74 Å². The molecule has 0 unspecified atom stereocenters. The molecule has 124 valence electrons. The third-order valence-electron chi connectivity index (χ3n) is 3.27. The first kappa shape index (κ1) is 18.6. The minimum absolute atomic E-state index is 0.454. The molecule has 1 N–H and O–H groups in total. The Hall–Kier alpha value is -0.740. The lowest BCUT2D eigenvalue weighted by Crippen LogP contribution is -2.19. The van der Waals surface area contributed by atoms with Crippen molar-refractivity contribution in [1.82, 2.24) is 5.32 Å². The fourth-order valence-corrected chi connectivity index (χ4v) is 2.84. The van der Waals surface area contributed by atoms with Crippen LogP contribution in [0.5, 0.6) is 5.75 Å². The summed E-state index contributed by atoms with van der Waals surface area (Å²) in [5.74, 6) is 1.48. The number of hydrogen-bond donors (Lipinski definition) is 1. The van der Waals surface area contributed by atoms with Crippen LogP contribution in [0.2, 0.25) is 10.0 Å². The summed E-state index contributed by atoms with van der Waals surface area (Å²) < 4.78 is 7.01. The highest BCUT2D eigenvalue weighted by molar-refractivity contribution is 9.10. The van der Waals surface area contributed by atoms with E-state index >= 15 is 0 Å². The molecule has 0 saturated heterocycles. The molecule has 2 aromatic rings. The maximum Gasteiger partial charge on any atom is 0.124 e. The van der Waals surface area contributed by atoms with Gasteiger partial charge in [0, 0.05) is 16.6 Å². The van der Waals surface area contributed by atoms with E-state index in [0.29, 0.717) is 22.6 Å². The molecular weight excluding hydrogens is 397 g/mol. The molecule has 23 heavy (non-hydrogen) atoms. The molecule has 0 heterocycles. The van der Waals surface area contributed by atoms with Crippen molar-refractivity contribution in [3.05, 3.63) is 62.0 Å². The van der Waals surface area contributed by atoms with Gasteiger partial charge in [0.25, 0.3) is 0 Å². The number of benzene rings is 2. The first-order valence-corrected chi connectivity index (χ1v) is 9.06. The van der Waals surface area contributed by atoms with Crippen LogP contribution in [0.15, 0.2) is 40.9 Å². The monoisotopic (exact) mass is 415 g/mol. The summed E-state index contributed by atoms with van der Waals surface area (Å²) in [6.07, 6.45) is 0. The summed E-state index contributed by atoms with van der Waals surface area (Å²) in [7, 11) is 0. The molecule has 0 bridgehead atoms. The molecule has 5 heteroatoms. The standard InChI is InChI=1S/C18H20BrCl2NO/c1-12(2)9-22-10-14-8-15(19)4-6-18(14)23-11-13-3-5-16(20)17(21)7-13/h3-8,12,22H,9-11H2,1-2H3. The van der Waals surface area contributed by atoms with Gasteiger partial charge < -0.3 is 10.1 Å². The largest absolute Gasteiger partial charge is 0.489 e. The highest BCUT2D eigenvalue weighted by Gasteiger charge is 2.07. The number of hydrogen-bond acceptors (Lipinski definition) is 2. The second-order valence-electron chi connectivity index (χ2n) is 5.81. The van der Waals surface area contributed by atoms with Crippen LogP contribution >= 0.6 is 39.1 Å². The molecule has 0 aromatic heterocycles. The molecule has 0 aliphatic rings. The maximum atomic E-state index is 6.04. The van der Waals surface area contributed by atoms with Gasteiger partial charge in [-0.2, -0.15) is 0 Å². The van der Waals surface area contributed by atoms with E-state index in [1.807, 2.05) is 24.3 Å². The highest BCUT2D eigenvalue weighted by atomic mass is 79.9. The average molecular weight is 417 g/mol. The van der Waals surface area contributed by atoms with Gasteiger partial charge in [-0.3, -0.25) is 0 Å². The van der Waals surface area contributed by atoms with Crippen LogP contribution in [0, 0.1) is 5.92 Å². The SMILES string of the molecule is CC(C)CNCc1cc(Br)ccc1OCc1ccc(Cl)c(Cl)c1. The van der Waals surface area contributed by atoms with Crippen molar-refractivity contribution in [2.24, 2.45) is 5.92 Å². The zero-order chi connectivity index (χ0) is 16.8. The molecule has 0 radical (unpaired) electrons. The molecule has 0 amide bonds. The van der Waals surface area contributed by atoms with E-state index in [0.717, 1.165) is 34.4 Å². The van der Waals surface area contributed by atoms with Crippen LogP contribution < -0.4 is 10.1 Å². The van der Waals surface area contributed by atoms with Crippen LogP contribution in [-0.4, -0.2) is 6.54 Å². The Kier molecular flexibility index (Phi) is 7.22. The Morgan fingerprint density at radius 1 is 1.09 bits per heavy atom. The highest BCUT2D eigenvalue weighted by Crippen LogP contribution is 2.26. The zero-order valence-corrected chi connectivity index (χ0v) is 16.3. The zero-order valence-electron chi connectivity index (χ0n) is 13.2. The Morgan fingerprint density at radius 2 is 1.87 bits per heavy atom. The number of ether oxygens (including phenoxy) is 1. The lowest BCUT2D eigenvalue weighted by Gasteiger charge is -2.14. The third-order valence-corrected chi connectivity index (χ3v) is 4.50. The summed E-state index contributed by atoms with van der Waals surface area (Å²) >= 11 is 15.5. The lowest BCUT2D eigenvalue weighted by molar-refractivity contribution is 0.302. The Balaban J connectivity index is 2.04. The average Bonchev–Trinajstić information content (AvgIpc) is 2.49. The Morgan fingerprint density at radius 3 is 2.57 bits per heavy atom. The molecule has 0 fully saturated rings. The summed E-state index contributed by atoms with van der Waals surface area (Å²) in [6.45, 7) is 6.58. The number of halogens is 3. The minimum atomic E-state index is 0.454. The van der Waals surface area contributed by atoms with Crippen LogP contribution in [0.1, 0.15) is 25.0 Å². The maximum absolute atomic E-state index is 6.04. The molecule has 0 aliphatic carbocycles. The van der Waals surface area contributed by atoms with Gasteiger partial charge in [0.15, 0.2) is 0 Å². The van der Waals surface area contributed by atoms with Crippen molar-refractivity contribution in [3.63, 3.8) is 0 Å². The van der Waals surface area contributed by atoms with E-state index in [1.54, 1.807) is 6.07 Å². The molecule has 2 rings (SSSR count). The number of rotatable bonds is 7. The fourth-order valence-electron chi connectivity index (χ4n) is 2.11. The molecule has 0 spiro atoms. The molecule has 0 atom stereocenters. The fraction of sp³-hybridized carbons (Fsp3) is 0.333. The molecular formula is C18H20BrCl2NO. The molecule has 2 nitrogen and oxygen atoms in total. The summed E-state index contributed by atoms with van der Waals surface area (Å²) in [6, 6.07) is 11.6. The van der Waals surface area contributed by atoms with Gasteiger partial charge in [-0.25, -0.2) is 0 Å². The first-order valence-electron chi connectivity index (χ1n) is 7.51. The normalized spacial score (nSPS) is 11.0. The summed E-state index contributed by atoms with van der Waals surface area (Å²) in [5.41, 5.74) is 2.11. The van der Waals surface area contributed by atoms with Gasteiger partial charge in [0.05, 0.1) is 10.0 Å². The molecule has 2 aromatic carbocycles. The minimum Gasteiger partial charge on any atom is -0.489 e. The predicted octanol–water partition coefficient (Wildman–Crippen LogP) is 6.08. The van der Waals surface area contributed by atoms with Gasteiger partial charge in [0.1, 0.15) is 12.4 Å². The van der Waals surface area contributed by atoms with E-state index in [1.165, 1.54) is 0 Å².